The first-order chi connectivity index (χ1) is 17.8. The van der Waals surface area contributed by atoms with Gasteiger partial charge in [-0.3, -0.25) is 14.5 Å². The summed E-state index contributed by atoms with van der Waals surface area (Å²) in [5.41, 5.74) is 2.32. The third-order valence-corrected chi connectivity index (χ3v) is 6.27. The van der Waals surface area contributed by atoms with E-state index in [1.165, 1.54) is 29.2 Å². The standard InChI is InChI=1S/C30H24FNO5/c1-18-16-21(9-15-24(18)36-17-20-6-4-3-5-7-20)28(33)26-27(25-14-8-19(2)37-25)32(30(35)29(26)34)23-12-10-22(31)11-13-23/h3-16,27,33H,17H2,1-2H3/b28-26-. The fraction of sp³-hybridized carbons (Fsp3) is 0.133. The highest BCUT2D eigenvalue weighted by Crippen LogP contribution is 2.43. The van der Waals surface area contributed by atoms with Crippen molar-refractivity contribution < 1.29 is 28.2 Å². The minimum absolute atomic E-state index is 0.110. The number of aliphatic hydroxyl groups excluding tert-OH is 1. The molecule has 0 bridgehead atoms. The molecule has 3 aromatic carbocycles. The molecule has 1 fully saturated rings. The highest BCUT2D eigenvalue weighted by molar-refractivity contribution is 6.51. The van der Waals surface area contributed by atoms with Crippen molar-refractivity contribution in [2.75, 3.05) is 4.90 Å². The van der Waals surface area contributed by atoms with E-state index in [4.69, 9.17) is 9.15 Å². The van der Waals surface area contributed by atoms with E-state index < -0.39 is 23.5 Å². The quantitative estimate of drug-likeness (QED) is 0.194. The van der Waals surface area contributed by atoms with E-state index in [1.54, 1.807) is 37.3 Å². The number of carbonyl (C=O) groups is 2. The molecule has 1 N–H and O–H groups in total. The molecular formula is C30H24FNO5. The smallest absolute Gasteiger partial charge is 0.300 e. The average Bonchev–Trinajstić information content (AvgIpc) is 3.44. The molecule has 5 rings (SSSR count). The predicted octanol–water partition coefficient (Wildman–Crippen LogP) is 6.24. The van der Waals surface area contributed by atoms with Crippen molar-refractivity contribution in [1.82, 2.24) is 0 Å². The lowest BCUT2D eigenvalue weighted by molar-refractivity contribution is -0.132. The second-order valence-electron chi connectivity index (χ2n) is 8.85. The van der Waals surface area contributed by atoms with Crippen molar-refractivity contribution in [2.45, 2.75) is 26.5 Å². The molecule has 0 spiro atoms. The molecule has 2 heterocycles. The Balaban J connectivity index is 1.54. The normalized spacial score (nSPS) is 16.8. The van der Waals surface area contributed by atoms with Crippen LogP contribution < -0.4 is 9.64 Å². The zero-order valence-electron chi connectivity index (χ0n) is 20.3. The van der Waals surface area contributed by atoms with Crippen LogP contribution in [-0.2, 0) is 16.2 Å². The number of hydrogen-bond acceptors (Lipinski definition) is 5. The Morgan fingerprint density at radius 1 is 0.973 bits per heavy atom. The maximum atomic E-state index is 13.6. The van der Waals surface area contributed by atoms with E-state index in [2.05, 4.69) is 0 Å². The lowest BCUT2D eigenvalue weighted by atomic mass is 9.98. The predicted molar refractivity (Wildman–Crippen MR) is 137 cm³/mol. The largest absolute Gasteiger partial charge is 0.507 e. The van der Waals surface area contributed by atoms with Gasteiger partial charge in [0.1, 0.15) is 41.5 Å². The van der Waals surface area contributed by atoms with Crippen LogP contribution in [0.1, 0.15) is 34.3 Å². The summed E-state index contributed by atoms with van der Waals surface area (Å²) in [5.74, 6) is -0.992. The van der Waals surface area contributed by atoms with E-state index in [0.29, 0.717) is 35.1 Å². The molecular weight excluding hydrogens is 473 g/mol. The lowest BCUT2D eigenvalue weighted by Gasteiger charge is -2.23. The minimum Gasteiger partial charge on any atom is -0.507 e. The molecule has 1 unspecified atom stereocenters. The molecule has 1 aliphatic rings. The number of benzene rings is 3. The molecule has 1 atom stereocenters. The highest BCUT2D eigenvalue weighted by Gasteiger charge is 2.48. The summed E-state index contributed by atoms with van der Waals surface area (Å²) < 4.78 is 25.3. The molecule has 37 heavy (non-hydrogen) atoms. The van der Waals surface area contributed by atoms with E-state index >= 15 is 0 Å². The Bertz CT molecular complexity index is 1500. The third kappa shape index (κ3) is 4.63. The van der Waals surface area contributed by atoms with Crippen LogP contribution in [0.2, 0.25) is 0 Å². The number of aliphatic hydroxyl groups is 1. The maximum Gasteiger partial charge on any atom is 0.300 e. The molecule has 0 radical (unpaired) electrons. The first-order valence-corrected chi connectivity index (χ1v) is 11.7. The third-order valence-electron chi connectivity index (χ3n) is 6.27. The second-order valence-corrected chi connectivity index (χ2v) is 8.85. The molecule has 4 aromatic rings. The molecule has 1 aromatic heterocycles. The average molecular weight is 498 g/mol. The fourth-order valence-corrected chi connectivity index (χ4v) is 4.42. The summed E-state index contributed by atoms with van der Waals surface area (Å²) >= 11 is 0. The molecule has 1 amide bonds. The zero-order valence-corrected chi connectivity index (χ0v) is 20.3. The summed E-state index contributed by atoms with van der Waals surface area (Å²) in [5, 5.41) is 11.3. The summed E-state index contributed by atoms with van der Waals surface area (Å²) in [6.45, 7) is 3.96. The first-order valence-electron chi connectivity index (χ1n) is 11.7. The van der Waals surface area contributed by atoms with Crippen LogP contribution in [0.25, 0.3) is 5.76 Å². The number of aryl methyl sites for hydroxylation is 2. The van der Waals surface area contributed by atoms with E-state index in [-0.39, 0.29) is 11.3 Å². The number of Topliss-reactive ketones (excluding diaryl/α,β-unsaturated/α-hetero) is 1. The van der Waals surface area contributed by atoms with Crippen molar-refractivity contribution in [3.8, 4) is 5.75 Å². The van der Waals surface area contributed by atoms with Crippen LogP contribution in [0.15, 0.2) is 94.9 Å². The van der Waals surface area contributed by atoms with Gasteiger partial charge in [0.2, 0.25) is 0 Å². The number of amides is 1. The number of nitrogens with zero attached hydrogens (tertiary/aromatic N) is 1. The van der Waals surface area contributed by atoms with Crippen molar-refractivity contribution >= 4 is 23.1 Å². The van der Waals surface area contributed by atoms with Gasteiger partial charge in [-0.25, -0.2) is 4.39 Å². The van der Waals surface area contributed by atoms with E-state index in [0.717, 1.165) is 11.1 Å². The van der Waals surface area contributed by atoms with Crippen molar-refractivity contribution in [1.29, 1.82) is 0 Å². The Labute approximate surface area is 213 Å². The summed E-state index contributed by atoms with van der Waals surface area (Å²) in [6, 6.07) is 22.4. The maximum absolute atomic E-state index is 13.6. The van der Waals surface area contributed by atoms with E-state index in [9.17, 15) is 19.1 Å². The molecule has 6 nitrogen and oxygen atoms in total. The monoisotopic (exact) mass is 497 g/mol. The van der Waals surface area contributed by atoms with Gasteiger partial charge < -0.3 is 14.3 Å². The fourth-order valence-electron chi connectivity index (χ4n) is 4.42. The number of halogens is 1. The zero-order chi connectivity index (χ0) is 26.1. The molecule has 7 heteroatoms. The SMILES string of the molecule is Cc1ccc(C2/C(=C(/O)c3ccc(OCc4ccccc4)c(C)c3)C(=O)C(=O)N2c2ccc(F)cc2)o1. The second kappa shape index (κ2) is 9.78. The van der Waals surface area contributed by atoms with Crippen molar-refractivity contribution in [2.24, 2.45) is 0 Å². The van der Waals surface area contributed by atoms with Crippen LogP contribution in [0, 0.1) is 19.7 Å². The van der Waals surface area contributed by atoms with Gasteiger partial charge in [0, 0.05) is 11.3 Å². The van der Waals surface area contributed by atoms with Crippen molar-refractivity contribution in [3.63, 3.8) is 0 Å². The van der Waals surface area contributed by atoms with Gasteiger partial charge in [-0.2, -0.15) is 0 Å². The number of carbonyl (C=O) groups excluding carboxylic acids is 2. The summed E-state index contributed by atoms with van der Waals surface area (Å²) in [6.07, 6.45) is 0. The first kappa shape index (κ1) is 24.1. The molecule has 1 aliphatic heterocycles. The number of ketones is 1. The van der Waals surface area contributed by atoms with Crippen LogP contribution in [-0.4, -0.2) is 16.8 Å². The minimum atomic E-state index is -1.02. The summed E-state index contributed by atoms with van der Waals surface area (Å²) in [7, 11) is 0. The molecule has 186 valence electrons. The van der Waals surface area contributed by atoms with Gasteiger partial charge in [-0.1, -0.05) is 30.3 Å². The molecule has 0 aliphatic carbocycles. The van der Waals surface area contributed by atoms with Crippen LogP contribution in [0.3, 0.4) is 0 Å². The summed E-state index contributed by atoms with van der Waals surface area (Å²) in [4.78, 5) is 27.6. The number of anilines is 1. The number of ether oxygens (including phenoxy) is 1. The van der Waals surface area contributed by atoms with Crippen LogP contribution in [0.4, 0.5) is 10.1 Å². The molecule has 0 saturated carbocycles. The Morgan fingerprint density at radius 2 is 1.70 bits per heavy atom. The van der Waals surface area contributed by atoms with Gasteiger partial charge >= 0.3 is 0 Å². The highest BCUT2D eigenvalue weighted by atomic mass is 19.1. The van der Waals surface area contributed by atoms with Gasteiger partial charge in [-0.05, 0) is 79.6 Å². The van der Waals surface area contributed by atoms with E-state index in [1.807, 2.05) is 37.3 Å². The van der Waals surface area contributed by atoms with Gasteiger partial charge in [-0.15, -0.1) is 0 Å². The van der Waals surface area contributed by atoms with Crippen LogP contribution >= 0.6 is 0 Å². The topological polar surface area (TPSA) is 80.0 Å². The van der Waals surface area contributed by atoms with Gasteiger partial charge in [0.15, 0.2) is 0 Å². The van der Waals surface area contributed by atoms with Crippen LogP contribution in [0.5, 0.6) is 5.75 Å². The lowest BCUT2D eigenvalue weighted by Crippen LogP contribution is -2.29. The van der Waals surface area contributed by atoms with Gasteiger partial charge in [0.05, 0.1) is 5.57 Å². The van der Waals surface area contributed by atoms with Crippen molar-refractivity contribution in [3.05, 3.63) is 125 Å². The Kier molecular flexibility index (Phi) is 6.36. The Morgan fingerprint density at radius 3 is 2.35 bits per heavy atom. The number of furan rings is 1. The Hall–Kier alpha value is -4.65. The number of rotatable bonds is 6. The molecule has 1 saturated heterocycles. The van der Waals surface area contributed by atoms with Gasteiger partial charge in [0.25, 0.3) is 11.7 Å². The number of hydrogen-bond donors (Lipinski definition) is 1.